The number of carbonyl (C=O) groups is 2. The van der Waals surface area contributed by atoms with Gasteiger partial charge < -0.3 is 18.9 Å². The van der Waals surface area contributed by atoms with Crippen LogP contribution in [0.4, 0.5) is 0 Å². The lowest BCUT2D eigenvalue weighted by Crippen LogP contribution is -2.37. The Morgan fingerprint density at radius 3 is 1.67 bits per heavy atom. The van der Waals surface area contributed by atoms with Gasteiger partial charge in [-0.3, -0.25) is 18.6 Å². The second-order valence-corrected chi connectivity index (χ2v) is 15.7. The van der Waals surface area contributed by atoms with Gasteiger partial charge in [0.05, 0.1) is 27.7 Å². The number of phosphoric acid groups is 1. The average Bonchev–Trinajstić information content (AvgIpc) is 3.07. The molecule has 51 heavy (non-hydrogen) atoms. The van der Waals surface area contributed by atoms with Crippen molar-refractivity contribution in [2.75, 3.05) is 47.5 Å². The average molecular weight is 741 g/mol. The molecule has 0 saturated heterocycles. The van der Waals surface area contributed by atoms with Crippen molar-refractivity contribution in [3.63, 3.8) is 0 Å². The number of esters is 2. The normalized spacial score (nSPS) is 14.2. The molecule has 10 heteroatoms. The Hall–Kier alpha value is -2.03. The first-order valence-electron chi connectivity index (χ1n) is 19.9. The zero-order valence-electron chi connectivity index (χ0n) is 33.1. The zero-order valence-corrected chi connectivity index (χ0v) is 34.0. The molecule has 0 fully saturated rings. The first-order chi connectivity index (χ1) is 24.5. The van der Waals surface area contributed by atoms with E-state index in [1.54, 1.807) is 0 Å². The van der Waals surface area contributed by atoms with Crippen molar-refractivity contribution in [2.45, 2.75) is 155 Å². The van der Waals surface area contributed by atoms with Gasteiger partial charge in [0.1, 0.15) is 19.8 Å². The number of rotatable bonds is 35. The third-order valence-electron chi connectivity index (χ3n) is 8.12. The largest absolute Gasteiger partial charge is 0.472 e. The quantitative estimate of drug-likeness (QED) is 0.0225. The van der Waals surface area contributed by atoms with Crippen LogP contribution < -0.4 is 0 Å². The van der Waals surface area contributed by atoms with Gasteiger partial charge in [-0.25, -0.2) is 4.57 Å². The van der Waals surface area contributed by atoms with Gasteiger partial charge in [0.15, 0.2) is 6.10 Å². The van der Waals surface area contributed by atoms with Crippen LogP contribution in [0.3, 0.4) is 0 Å². The Labute approximate surface area is 312 Å². The van der Waals surface area contributed by atoms with E-state index in [1.165, 1.54) is 38.5 Å². The topological polar surface area (TPSA) is 108 Å². The summed E-state index contributed by atoms with van der Waals surface area (Å²) in [6.07, 6.45) is 37.6. The minimum absolute atomic E-state index is 0.0288. The lowest BCUT2D eigenvalue weighted by atomic mass is 10.1. The molecule has 0 amide bonds. The fourth-order valence-corrected chi connectivity index (χ4v) is 5.74. The van der Waals surface area contributed by atoms with Crippen LogP contribution in [0.15, 0.2) is 48.6 Å². The van der Waals surface area contributed by atoms with Crippen molar-refractivity contribution < 1.29 is 42.1 Å². The van der Waals surface area contributed by atoms with E-state index in [0.29, 0.717) is 17.4 Å². The van der Waals surface area contributed by atoms with Crippen LogP contribution in [0, 0.1) is 0 Å². The number of ether oxygens (including phenoxy) is 2. The molecule has 0 heterocycles. The summed E-state index contributed by atoms with van der Waals surface area (Å²) in [5, 5.41) is 0. The third-order valence-corrected chi connectivity index (χ3v) is 9.11. The summed E-state index contributed by atoms with van der Waals surface area (Å²) in [5.74, 6) is -0.821. The number of quaternary nitrogens is 1. The molecule has 0 saturated carbocycles. The fourth-order valence-electron chi connectivity index (χ4n) is 5.00. The first-order valence-corrected chi connectivity index (χ1v) is 21.4. The molecule has 0 aromatic rings. The number of carbonyl (C=O) groups excluding carboxylic acids is 2. The maximum Gasteiger partial charge on any atom is 0.472 e. The maximum absolute atomic E-state index is 12.6. The van der Waals surface area contributed by atoms with E-state index in [1.807, 2.05) is 21.1 Å². The summed E-state index contributed by atoms with van der Waals surface area (Å²) in [4.78, 5) is 35.0. The second-order valence-electron chi connectivity index (χ2n) is 14.3. The lowest BCUT2D eigenvalue weighted by molar-refractivity contribution is -0.870. The van der Waals surface area contributed by atoms with Gasteiger partial charge >= 0.3 is 19.8 Å². The van der Waals surface area contributed by atoms with Crippen LogP contribution in [0.5, 0.6) is 0 Å². The molecule has 0 aliphatic rings. The number of nitrogens with zero attached hydrogens (tertiary/aromatic N) is 1. The molecule has 0 radical (unpaired) electrons. The van der Waals surface area contributed by atoms with Gasteiger partial charge in [-0.2, -0.15) is 0 Å². The minimum Gasteiger partial charge on any atom is -0.462 e. The van der Waals surface area contributed by atoms with Gasteiger partial charge in [-0.05, 0) is 51.4 Å². The molecule has 0 aliphatic carbocycles. The Bertz CT molecular complexity index is 1020. The Balaban J connectivity index is 4.27. The summed E-state index contributed by atoms with van der Waals surface area (Å²) < 4.78 is 34.0. The molecule has 296 valence electrons. The molecular weight excluding hydrogens is 665 g/mol. The number of likely N-dealkylation sites (N-methyl/N-ethyl adjacent to an activating group) is 1. The van der Waals surface area contributed by atoms with E-state index in [-0.39, 0.29) is 32.0 Å². The molecule has 2 atom stereocenters. The highest BCUT2D eigenvalue weighted by Crippen LogP contribution is 2.43. The highest BCUT2D eigenvalue weighted by atomic mass is 31.2. The monoisotopic (exact) mass is 741 g/mol. The Morgan fingerprint density at radius 1 is 0.627 bits per heavy atom. The molecule has 0 aromatic carbocycles. The summed E-state index contributed by atoms with van der Waals surface area (Å²) in [7, 11) is 1.46. The third kappa shape index (κ3) is 37.5. The number of phosphoric ester groups is 1. The summed E-state index contributed by atoms with van der Waals surface area (Å²) in [6.45, 7) is 4.21. The van der Waals surface area contributed by atoms with Crippen molar-refractivity contribution in [2.24, 2.45) is 0 Å². The summed E-state index contributed by atoms with van der Waals surface area (Å²) in [5.41, 5.74) is 0. The molecule has 0 spiro atoms. The number of hydrogen-bond donors (Lipinski definition) is 1. The van der Waals surface area contributed by atoms with Gasteiger partial charge in [0.25, 0.3) is 0 Å². The van der Waals surface area contributed by atoms with Crippen LogP contribution in [0.25, 0.3) is 0 Å². The van der Waals surface area contributed by atoms with E-state index in [9.17, 15) is 19.0 Å². The van der Waals surface area contributed by atoms with Crippen molar-refractivity contribution in [1.29, 1.82) is 0 Å². The Kier molecular flexibility index (Phi) is 32.4. The highest BCUT2D eigenvalue weighted by Gasteiger charge is 2.27. The molecule has 9 nitrogen and oxygen atoms in total. The van der Waals surface area contributed by atoms with E-state index >= 15 is 0 Å². The molecular formula is C41H75NO8P+. The van der Waals surface area contributed by atoms with Crippen molar-refractivity contribution in [3.8, 4) is 0 Å². The predicted molar refractivity (Wildman–Crippen MR) is 210 cm³/mol. The molecule has 2 unspecified atom stereocenters. The second kappa shape index (κ2) is 33.8. The molecule has 0 aromatic heterocycles. The van der Waals surface area contributed by atoms with Gasteiger partial charge in [-0.15, -0.1) is 0 Å². The van der Waals surface area contributed by atoms with Gasteiger partial charge in [0.2, 0.25) is 0 Å². The number of unbranched alkanes of at least 4 members (excludes halogenated alkanes) is 13. The van der Waals surface area contributed by atoms with Crippen molar-refractivity contribution >= 4 is 19.8 Å². The zero-order chi connectivity index (χ0) is 37.9. The van der Waals surface area contributed by atoms with Crippen molar-refractivity contribution in [3.05, 3.63) is 48.6 Å². The molecule has 0 aliphatic heterocycles. The molecule has 0 bridgehead atoms. The minimum atomic E-state index is -4.36. The SMILES string of the molecule is CC/C=C\C/C=C\C/C=C\C/C=C\CCCCCCCCCCC(=O)OC(COC(=O)CCCCCCCC)COP(=O)(O)OCC[N+](C)(C)C. The smallest absolute Gasteiger partial charge is 0.462 e. The van der Waals surface area contributed by atoms with Crippen LogP contribution in [-0.4, -0.2) is 74.9 Å². The maximum atomic E-state index is 12.6. The highest BCUT2D eigenvalue weighted by molar-refractivity contribution is 7.47. The fraction of sp³-hybridized carbons (Fsp3) is 0.756. The van der Waals surface area contributed by atoms with Crippen LogP contribution in [0.2, 0.25) is 0 Å². The standard InChI is InChI=1S/C41H74NO8P/c1-6-8-10-12-14-15-16-17-18-19-20-21-22-23-24-25-26-27-28-30-32-34-41(44)50-39(37-47-40(43)33-31-29-13-11-9-7-2)38-49-51(45,46)48-36-35-42(3,4)5/h8,10,14-15,17-18,20-21,39H,6-7,9,11-13,16,19,22-38H2,1-5H3/p+1/b10-8-,15-14-,18-17-,21-20-. The van der Waals surface area contributed by atoms with Crippen LogP contribution in [0.1, 0.15) is 149 Å². The summed E-state index contributed by atoms with van der Waals surface area (Å²) in [6, 6.07) is 0. The van der Waals surface area contributed by atoms with E-state index in [0.717, 1.165) is 77.0 Å². The lowest BCUT2D eigenvalue weighted by Gasteiger charge is -2.24. The number of hydrogen-bond acceptors (Lipinski definition) is 7. The van der Waals surface area contributed by atoms with Crippen LogP contribution >= 0.6 is 7.82 Å². The predicted octanol–water partition coefficient (Wildman–Crippen LogP) is 10.7. The van der Waals surface area contributed by atoms with Gasteiger partial charge in [0, 0.05) is 12.8 Å². The Morgan fingerprint density at radius 2 is 1.12 bits per heavy atom. The summed E-state index contributed by atoms with van der Waals surface area (Å²) >= 11 is 0. The van der Waals surface area contributed by atoms with E-state index < -0.39 is 26.5 Å². The number of allylic oxidation sites excluding steroid dienone is 8. The first kappa shape index (κ1) is 49.0. The van der Waals surface area contributed by atoms with E-state index in [4.69, 9.17) is 18.5 Å². The molecule has 0 rings (SSSR count). The molecule has 1 N–H and O–H groups in total. The van der Waals surface area contributed by atoms with Crippen molar-refractivity contribution in [1.82, 2.24) is 0 Å². The van der Waals surface area contributed by atoms with Gasteiger partial charge in [-0.1, -0.05) is 133 Å². The van der Waals surface area contributed by atoms with Crippen LogP contribution in [-0.2, 0) is 32.7 Å². The van der Waals surface area contributed by atoms with E-state index in [2.05, 4.69) is 62.5 Å².